The second kappa shape index (κ2) is 6.75. The molecule has 0 aromatic heterocycles. The Labute approximate surface area is 121 Å². The summed E-state index contributed by atoms with van der Waals surface area (Å²) in [4.78, 5) is 11.5. The molecule has 4 heteroatoms. The maximum Gasteiger partial charge on any atom is 0.235 e. The molecule has 0 aliphatic carbocycles. The van der Waals surface area contributed by atoms with Crippen molar-refractivity contribution in [2.45, 2.75) is 53.3 Å². The molecule has 1 aromatic rings. The van der Waals surface area contributed by atoms with Crippen LogP contribution in [-0.4, -0.2) is 18.1 Å². The Kier molecular flexibility index (Phi) is 5.57. The van der Waals surface area contributed by atoms with Crippen molar-refractivity contribution in [3.8, 4) is 5.75 Å². The van der Waals surface area contributed by atoms with E-state index < -0.39 is 0 Å². The van der Waals surface area contributed by atoms with Crippen molar-refractivity contribution in [3.63, 3.8) is 0 Å². The number of carbonyl (C=O) groups excluding carboxylic acids is 1. The summed E-state index contributed by atoms with van der Waals surface area (Å²) in [6.07, 6.45) is 0.145. The molecule has 0 saturated carbocycles. The summed E-state index contributed by atoms with van der Waals surface area (Å²) in [5, 5.41) is 3.23. The topological polar surface area (TPSA) is 64.3 Å². The number of rotatable bonds is 6. The average Bonchev–Trinajstić information content (AvgIpc) is 2.26. The Balaban J connectivity index is 2.71. The first-order valence-electron chi connectivity index (χ1n) is 6.98. The van der Waals surface area contributed by atoms with Gasteiger partial charge >= 0.3 is 0 Å². The van der Waals surface area contributed by atoms with E-state index in [9.17, 15) is 4.79 Å². The molecule has 1 aromatic carbocycles. The Morgan fingerprint density at radius 1 is 1.35 bits per heavy atom. The van der Waals surface area contributed by atoms with Gasteiger partial charge in [-0.2, -0.15) is 0 Å². The van der Waals surface area contributed by atoms with Gasteiger partial charge in [0, 0.05) is 6.54 Å². The van der Waals surface area contributed by atoms with Crippen LogP contribution < -0.4 is 15.8 Å². The number of nitrogens with two attached hydrogens (primary N) is 1. The lowest BCUT2D eigenvalue weighted by molar-refractivity contribution is -0.122. The van der Waals surface area contributed by atoms with Gasteiger partial charge in [-0.05, 0) is 37.0 Å². The molecular formula is C16H26N2O2. The number of carbonyl (C=O) groups is 1. The van der Waals surface area contributed by atoms with E-state index in [1.807, 2.05) is 58.9 Å². The lowest BCUT2D eigenvalue weighted by Crippen LogP contribution is -2.49. The van der Waals surface area contributed by atoms with Gasteiger partial charge in [-0.3, -0.25) is 4.79 Å². The first kappa shape index (κ1) is 16.5. The highest BCUT2D eigenvalue weighted by Crippen LogP contribution is 2.20. The van der Waals surface area contributed by atoms with Crippen LogP contribution >= 0.6 is 0 Å². The maximum atomic E-state index is 11.5. The Morgan fingerprint density at radius 2 is 2.00 bits per heavy atom. The van der Waals surface area contributed by atoms with E-state index in [-0.39, 0.29) is 23.5 Å². The largest absolute Gasteiger partial charge is 0.491 e. The summed E-state index contributed by atoms with van der Waals surface area (Å²) < 4.78 is 5.66. The van der Waals surface area contributed by atoms with Crippen LogP contribution in [0.1, 0.15) is 40.2 Å². The number of benzene rings is 1. The molecule has 1 amide bonds. The van der Waals surface area contributed by atoms with Gasteiger partial charge in [0.05, 0.1) is 12.1 Å². The number of primary amides is 1. The van der Waals surface area contributed by atoms with Gasteiger partial charge in [0.2, 0.25) is 5.91 Å². The van der Waals surface area contributed by atoms with Crippen molar-refractivity contribution in [1.29, 1.82) is 0 Å². The van der Waals surface area contributed by atoms with Crippen molar-refractivity contribution >= 4 is 5.91 Å². The van der Waals surface area contributed by atoms with Crippen LogP contribution in [0.15, 0.2) is 24.3 Å². The highest BCUT2D eigenvalue weighted by atomic mass is 16.5. The van der Waals surface area contributed by atoms with Crippen molar-refractivity contribution in [2.24, 2.45) is 11.1 Å². The molecule has 0 fully saturated rings. The molecule has 4 nitrogen and oxygen atoms in total. The number of hydrogen-bond acceptors (Lipinski definition) is 3. The Hall–Kier alpha value is -1.55. The molecule has 1 atom stereocenters. The van der Waals surface area contributed by atoms with Crippen molar-refractivity contribution in [3.05, 3.63) is 29.8 Å². The Bertz CT molecular complexity index is 450. The summed E-state index contributed by atoms with van der Waals surface area (Å²) in [7, 11) is 0. The van der Waals surface area contributed by atoms with Crippen LogP contribution in [-0.2, 0) is 11.3 Å². The summed E-state index contributed by atoms with van der Waals surface area (Å²) in [5.74, 6) is 0.512. The third-order valence-corrected chi connectivity index (χ3v) is 2.93. The predicted molar refractivity (Wildman–Crippen MR) is 81.5 cm³/mol. The Morgan fingerprint density at radius 3 is 2.50 bits per heavy atom. The van der Waals surface area contributed by atoms with Crippen LogP contribution in [0.25, 0.3) is 0 Å². The molecule has 112 valence electrons. The molecule has 0 aliphatic rings. The first-order chi connectivity index (χ1) is 9.20. The quantitative estimate of drug-likeness (QED) is 0.840. The molecular weight excluding hydrogens is 252 g/mol. The summed E-state index contributed by atoms with van der Waals surface area (Å²) >= 11 is 0. The lowest BCUT2D eigenvalue weighted by Gasteiger charge is -2.29. The summed E-state index contributed by atoms with van der Waals surface area (Å²) in [6, 6.07) is 7.50. The van der Waals surface area contributed by atoms with Crippen LogP contribution in [0.5, 0.6) is 5.75 Å². The van der Waals surface area contributed by atoms with Gasteiger partial charge in [-0.15, -0.1) is 0 Å². The zero-order chi connectivity index (χ0) is 15.3. The van der Waals surface area contributed by atoms with Gasteiger partial charge in [-0.25, -0.2) is 0 Å². The smallest absolute Gasteiger partial charge is 0.235 e. The second-order valence-electron chi connectivity index (χ2n) is 6.40. The van der Waals surface area contributed by atoms with Crippen LogP contribution in [0, 0.1) is 5.41 Å². The van der Waals surface area contributed by atoms with E-state index in [4.69, 9.17) is 10.5 Å². The molecule has 0 heterocycles. The van der Waals surface area contributed by atoms with Gasteiger partial charge in [0.15, 0.2) is 0 Å². The number of nitrogens with one attached hydrogen (secondary N) is 1. The van der Waals surface area contributed by atoms with Crippen LogP contribution in [0.4, 0.5) is 0 Å². The predicted octanol–water partition coefficient (Wildman–Crippen LogP) is 2.46. The molecule has 1 rings (SSSR count). The normalized spacial score (nSPS) is 13.3. The first-order valence-corrected chi connectivity index (χ1v) is 6.98. The maximum absolute atomic E-state index is 11.5. The number of amides is 1. The third-order valence-electron chi connectivity index (χ3n) is 2.93. The van der Waals surface area contributed by atoms with Crippen molar-refractivity contribution in [2.75, 3.05) is 0 Å². The molecule has 0 aliphatic heterocycles. The monoisotopic (exact) mass is 278 g/mol. The fourth-order valence-corrected chi connectivity index (χ4v) is 2.05. The van der Waals surface area contributed by atoms with E-state index in [0.29, 0.717) is 6.54 Å². The molecule has 0 bridgehead atoms. The zero-order valence-corrected chi connectivity index (χ0v) is 13.1. The minimum atomic E-state index is -0.364. The molecule has 0 saturated heterocycles. The fraction of sp³-hybridized carbons (Fsp3) is 0.562. The summed E-state index contributed by atoms with van der Waals surface area (Å²) in [6.45, 7) is 10.6. The van der Waals surface area contributed by atoms with Gasteiger partial charge < -0.3 is 15.8 Å². The molecule has 0 radical (unpaired) electrons. The minimum absolute atomic E-state index is 0.145. The van der Waals surface area contributed by atoms with Crippen molar-refractivity contribution in [1.82, 2.24) is 5.32 Å². The van der Waals surface area contributed by atoms with Crippen molar-refractivity contribution < 1.29 is 9.53 Å². The average molecular weight is 278 g/mol. The van der Waals surface area contributed by atoms with Crippen LogP contribution in [0.3, 0.4) is 0 Å². The van der Waals surface area contributed by atoms with Gasteiger partial charge in [-0.1, -0.05) is 32.9 Å². The van der Waals surface area contributed by atoms with Gasteiger partial charge in [0.25, 0.3) is 0 Å². The second-order valence-corrected chi connectivity index (χ2v) is 6.40. The van der Waals surface area contributed by atoms with E-state index >= 15 is 0 Å². The molecule has 1 unspecified atom stereocenters. The summed E-state index contributed by atoms with van der Waals surface area (Å²) in [5.41, 5.74) is 6.31. The van der Waals surface area contributed by atoms with Gasteiger partial charge in [0.1, 0.15) is 5.75 Å². The SMILES string of the molecule is CC(C)Oc1cccc(CNC(C(N)=O)C(C)(C)C)c1. The number of hydrogen-bond donors (Lipinski definition) is 2. The molecule has 20 heavy (non-hydrogen) atoms. The van der Waals surface area contributed by atoms with Crippen LogP contribution in [0.2, 0.25) is 0 Å². The third kappa shape index (κ3) is 5.21. The molecule has 3 N–H and O–H groups in total. The zero-order valence-electron chi connectivity index (χ0n) is 13.1. The molecule has 0 spiro atoms. The highest BCUT2D eigenvalue weighted by molar-refractivity contribution is 5.80. The highest BCUT2D eigenvalue weighted by Gasteiger charge is 2.28. The van der Waals surface area contributed by atoms with E-state index in [2.05, 4.69) is 5.32 Å². The lowest BCUT2D eigenvalue weighted by atomic mass is 9.86. The van der Waals surface area contributed by atoms with E-state index in [1.165, 1.54) is 0 Å². The van der Waals surface area contributed by atoms with E-state index in [1.54, 1.807) is 0 Å². The minimum Gasteiger partial charge on any atom is -0.491 e. The standard InChI is InChI=1S/C16H26N2O2/c1-11(2)20-13-8-6-7-12(9-13)10-18-14(15(17)19)16(3,4)5/h6-9,11,14,18H,10H2,1-5H3,(H2,17,19). The van der Waals surface area contributed by atoms with E-state index in [0.717, 1.165) is 11.3 Å². The fourth-order valence-electron chi connectivity index (χ4n) is 2.05. The number of ether oxygens (including phenoxy) is 1.